The summed E-state index contributed by atoms with van der Waals surface area (Å²) in [5.41, 5.74) is -2.87. The topological polar surface area (TPSA) is 339 Å². The molecule has 0 heterocycles. The number of rotatable bonds is 41. The highest BCUT2D eigenvalue weighted by molar-refractivity contribution is 5.83. The summed E-state index contributed by atoms with van der Waals surface area (Å²) in [5.74, 6) is -5.74. The van der Waals surface area contributed by atoms with E-state index in [9.17, 15) is 53.7 Å². The lowest BCUT2D eigenvalue weighted by Gasteiger charge is -2.34. The smallest absolute Gasteiger partial charge is 0.330 e. The van der Waals surface area contributed by atoms with E-state index in [1.54, 1.807) is 13.8 Å². The van der Waals surface area contributed by atoms with Crippen LogP contribution in [0.1, 0.15) is 39.5 Å². The number of hydrogen-bond acceptors (Lipinski definition) is 24. The molecule has 74 heavy (non-hydrogen) atoms. The molecule has 5 N–H and O–H groups in total. The maximum absolute atomic E-state index is 11.7. The van der Waals surface area contributed by atoms with Crippen molar-refractivity contribution in [3.63, 3.8) is 0 Å². The molecule has 0 radical (unpaired) electrons. The molecule has 0 rings (SSSR count). The van der Waals surface area contributed by atoms with Crippen molar-refractivity contribution in [1.29, 1.82) is 0 Å². The van der Waals surface area contributed by atoms with Gasteiger partial charge in [0.1, 0.15) is 71.2 Å². The van der Waals surface area contributed by atoms with Crippen molar-refractivity contribution in [2.45, 2.75) is 57.8 Å². The van der Waals surface area contributed by atoms with Crippen LogP contribution >= 0.6 is 0 Å². The molecule has 0 spiro atoms. The average Bonchev–Trinajstić information content (AvgIpc) is 3.41. The van der Waals surface area contributed by atoms with Crippen LogP contribution in [0.4, 0.5) is 0 Å². The normalized spacial score (nSPS) is 11.8. The van der Waals surface area contributed by atoms with E-state index in [4.69, 9.17) is 48.1 Å². The Morgan fingerprint density at radius 1 is 0.392 bits per heavy atom. The van der Waals surface area contributed by atoms with Crippen LogP contribution in [0.5, 0.6) is 0 Å². The molecule has 0 aromatic heterocycles. The first-order chi connectivity index (χ1) is 35.1. The van der Waals surface area contributed by atoms with Crippen molar-refractivity contribution in [3.05, 3.63) is 88.6 Å². The quantitative estimate of drug-likeness (QED) is 0.0246. The van der Waals surface area contributed by atoms with Crippen molar-refractivity contribution < 1.29 is 116 Å². The molecule has 0 saturated heterocycles. The van der Waals surface area contributed by atoms with Crippen LogP contribution < -0.4 is 0 Å². The maximum atomic E-state index is 11.7. The number of ether oxygens (including phenoxy) is 11. The largest absolute Gasteiger partial charge is 0.463 e. The highest BCUT2D eigenvalue weighted by Crippen LogP contribution is 2.25. The van der Waals surface area contributed by atoms with Crippen molar-refractivity contribution in [2.24, 2.45) is 16.7 Å². The minimum absolute atomic E-state index is 0.110. The lowest BCUT2D eigenvalue weighted by Crippen LogP contribution is -2.46. The third-order valence-corrected chi connectivity index (χ3v) is 8.81. The average molecular weight is 1060 g/mol. The zero-order chi connectivity index (χ0) is 56.8. The second kappa shape index (κ2) is 45.3. The molecule has 24 nitrogen and oxygen atoms in total. The van der Waals surface area contributed by atoms with Gasteiger partial charge in [-0.15, -0.1) is 0 Å². The number of carbonyl (C=O) groups excluding carboxylic acids is 8. The van der Waals surface area contributed by atoms with E-state index in [-0.39, 0.29) is 64.7 Å². The molecule has 3 unspecified atom stereocenters. The van der Waals surface area contributed by atoms with Crippen LogP contribution in [0.15, 0.2) is 88.6 Å². The first-order valence-corrected chi connectivity index (χ1v) is 22.8. The van der Waals surface area contributed by atoms with Gasteiger partial charge in [0, 0.05) is 55.7 Å². The van der Waals surface area contributed by atoms with E-state index in [2.05, 4.69) is 60.3 Å². The van der Waals surface area contributed by atoms with Crippen molar-refractivity contribution in [2.75, 3.05) is 106 Å². The highest BCUT2D eigenvalue weighted by atomic mass is 16.6. The molecule has 0 saturated carbocycles. The van der Waals surface area contributed by atoms with Crippen molar-refractivity contribution in [3.8, 4) is 0 Å². The summed E-state index contributed by atoms with van der Waals surface area (Å²) in [5, 5.41) is 46.2. The Bertz CT molecular complexity index is 1620. The SMILES string of the molecule is C=CC(=O)OCC(CO)(COCC(COC(=O)C=C)(COC(=O)C=C)COC(=O)C=C)COC(=O)C=C.C=CC(=O)OCC(O)COCCCCCCOCC(O)COC(=O)C=C.CC(C)C(=O)OCC(O)CO. The zero-order valence-corrected chi connectivity index (χ0v) is 42.4. The van der Waals surface area contributed by atoms with Crippen LogP contribution in [0.2, 0.25) is 0 Å². The monoisotopic (exact) mass is 1060 g/mol. The summed E-state index contributed by atoms with van der Waals surface area (Å²) in [6, 6.07) is 0. The number of esters is 8. The Labute approximate surface area is 431 Å². The van der Waals surface area contributed by atoms with Gasteiger partial charge < -0.3 is 77.6 Å². The lowest BCUT2D eigenvalue weighted by molar-refractivity contribution is -0.167. The fraction of sp³-hybridized carbons (Fsp3) is 0.560. The number of carbonyl (C=O) groups is 8. The number of aliphatic hydroxyl groups excluding tert-OH is 5. The minimum atomic E-state index is -1.44. The van der Waals surface area contributed by atoms with E-state index in [1.807, 2.05) is 0 Å². The summed E-state index contributed by atoms with van der Waals surface area (Å²) in [7, 11) is 0. The Morgan fingerprint density at radius 2 is 0.689 bits per heavy atom. The van der Waals surface area contributed by atoms with Crippen LogP contribution in [-0.4, -0.2) is 197 Å². The maximum Gasteiger partial charge on any atom is 0.330 e. The lowest BCUT2D eigenvalue weighted by atomic mass is 9.90. The first kappa shape index (κ1) is 71.9. The van der Waals surface area contributed by atoms with E-state index in [0.29, 0.717) is 13.2 Å². The van der Waals surface area contributed by atoms with Crippen LogP contribution in [0, 0.1) is 16.7 Å². The van der Waals surface area contributed by atoms with Crippen molar-refractivity contribution in [1.82, 2.24) is 0 Å². The Balaban J connectivity index is -0.00000117. The molecule has 420 valence electrons. The van der Waals surface area contributed by atoms with Gasteiger partial charge in [0.25, 0.3) is 0 Å². The molecule has 0 aliphatic heterocycles. The fourth-order valence-electron chi connectivity index (χ4n) is 4.58. The van der Waals surface area contributed by atoms with Gasteiger partial charge in [0.2, 0.25) is 0 Å². The van der Waals surface area contributed by atoms with Crippen LogP contribution in [0.3, 0.4) is 0 Å². The van der Waals surface area contributed by atoms with E-state index < -0.39 is 111 Å². The molecule has 0 aromatic rings. The van der Waals surface area contributed by atoms with Gasteiger partial charge in [0.15, 0.2) is 0 Å². The zero-order valence-electron chi connectivity index (χ0n) is 42.4. The van der Waals surface area contributed by atoms with Gasteiger partial charge in [-0.1, -0.05) is 72.7 Å². The summed E-state index contributed by atoms with van der Waals surface area (Å²) >= 11 is 0. The molecular formula is C50H76O24. The third kappa shape index (κ3) is 40.1. The molecule has 0 fully saturated rings. The summed E-state index contributed by atoms with van der Waals surface area (Å²) in [4.78, 5) is 90.6. The second-order valence-electron chi connectivity index (χ2n) is 15.9. The van der Waals surface area contributed by atoms with Gasteiger partial charge in [0.05, 0.1) is 56.4 Å². The van der Waals surface area contributed by atoms with E-state index in [1.165, 1.54) is 0 Å². The minimum Gasteiger partial charge on any atom is -0.463 e. The summed E-state index contributed by atoms with van der Waals surface area (Å²) in [6.45, 7) is 23.3. The third-order valence-electron chi connectivity index (χ3n) is 8.81. The summed E-state index contributed by atoms with van der Waals surface area (Å²) < 4.78 is 55.7. The van der Waals surface area contributed by atoms with Gasteiger partial charge in [-0.25, -0.2) is 33.6 Å². The molecule has 0 aliphatic carbocycles. The van der Waals surface area contributed by atoms with Gasteiger partial charge >= 0.3 is 47.8 Å². The molecule has 0 aromatic carbocycles. The molecule has 3 atom stereocenters. The predicted octanol–water partition coefficient (Wildman–Crippen LogP) is 0.913. The van der Waals surface area contributed by atoms with Gasteiger partial charge in [-0.3, -0.25) is 4.79 Å². The van der Waals surface area contributed by atoms with Gasteiger partial charge in [-0.2, -0.15) is 0 Å². The standard InChI is InChI=1S/C25H32O12.C18H30O8.C7H14O4/c1-6-19(27)33-14-24(11-26,15-34-20(28)7-2)12-32-13-25(16-35-21(29)8-3,17-36-22(30)9-4)18-37-23(31)10-5;1-3-17(21)25-13-15(19)11-23-9-7-5-6-8-10-24-12-16(20)14-26-18(22)4-2;1-5(2)7(10)11-4-6(9)3-8/h6-10,26H,1-5,11-18H2;3-4,15-16,19-20H,1-2,5-14H2;5-6,8-9H,3-4H2,1-2H3. The van der Waals surface area contributed by atoms with Crippen LogP contribution in [-0.2, 0) is 90.5 Å². The highest BCUT2D eigenvalue weighted by Gasteiger charge is 2.39. The molecule has 0 bridgehead atoms. The molecule has 0 amide bonds. The predicted molar refractivity (Wildman–Crippen MR) is 262 cm³/mol. The Hall–Kier alpha value is -6.38. The number of hydrogen-bond donors (Lipinski definition) is 5. The summed E-state index contributed by atoms with van der Waals surface area (Å²) in [6.07, 6.45) is 7.52. The van der Waals surface area contributed by atoms with E-state index in [0.717, 1.165) is 68.2 Å². The fourth-order valence-corrected chi connectivity index (χ4v) is 4.58. The van der Waals surface area contributed by atoms with E-state index >= 15 is 0 Å². The van der Waals surface area contributed by atoms with Crippen LogP contribution in [0.25, 0.3) is 0 Å². The molecule has 24 heteroatoms. The number of aliphatic hydroxyl groups is 5. The Morgan fingerprint density at radius 3 is 0.986 bits per heavy atom. The molecule has 0 aliphatic rings. The van der Waals surface area contributed by atoms with Gasteiger partial charge in [-0.05, 0) is 12.8 Å². The second-order valence-corrected chi connectivity index (χ2v) is 15.9. The molecular weight excluding hydrogens is 985 g/mol. The number of unbranched alkanes of at least 4 members (excludes halogenated alkanes) is 3. The first-order valence-electron chi connectivity index (χ1n) is 22.8. The Kier molecular flexibility index (Phi) is 43.9. The van der Waals surface area contributed by atoms with Crippen molar-refractivity contribution >= 4 is 47.8 Å².